The van der Waals surface area contributed by atoms with Gasteiger partial charge in [-0.2, -0.15) is 0 Å². The van der Waals surface area contributed by atoms with Gasteiger partial charge in [-0.1, -0.05) is 29.7 Å². The quantitative estimate of drug-likeness (QED) is 0.695. The summed E-state index contributed by atoms with van der Waals surface area (Å²) in [5.41, 5.74) is 1.33. The molecule has 16 heavy (non-hydrogen) atoms. The minimum atomic E-state index is -0.0422. The van der Waals surface area contributed by atoms with E-state index in [1.54, 1.807) is 24.3 Å². The number of rotatable bonds is 2. The third-order valence-electron chi connectivity index (χ3n) is 2.79. The summed E-state index contributed by atoms with van der Waals surface area (Å²) in [6, 6.07) is 6.97. The molecule has 0 bridgehead atoms. The van der Waals surface area contributed by atoms with E-state index in [9.17, 15) is 4.79 Å². The summed E-state index contributed by atoms with van der Waals surface area (Å²) in [6.45, 7) is 0.979. The number of benzene rings is 1. The lowest BCUT2D eigenvalue weighted by Gasteiger charge is -2.24. The topological polar surface area (TPSA) is 41.1 Å². The molecule has 1 aromatic carbocycles. The summed E-state index contributed by atoms with van der Waals surface area (Å²) >= 11 is 0. The SMILES string of the molecule is [B]c1ccc(C(=O)NC2CCCCN2)cc1. The molecule has 1 fully saturated rings. The number of hydrogen-bond donors (Lipinski definition) is 2. The van der Waals surface area contributed by atoms with Crippen molar-refractivity contribution >= 4 is 19.2 Å². The molecule has 0 saturated carbocycles. The Labute approximate surface area is 97.0 Å². The largest absolute Gasteiger partial charge is 0.337 e. The van der Waals surface area contributed by atoms with Gasteiger partial charge in [-0.15, -0.1) is 0 Å². The average Bonchev–Trinajstić information content (AvgIpc) is 2.31. The molecule has 2 N–H and O–H groups in total. The Balaban J connectivity index is 1.94. The van der Waals surface area contributed by atoms with Gasteiger partial charge in [0.1, 0.15) is 7.85 Å². The van der Waals surface area contributed by atoms with Gasteiger partial charge in [0.2, 0.25) is 0 Å². The lowest BCUT2D eigenvalue weighted by molar-refractivity contribution is 0.0921. The zero-order chi connectivity index (χ0) is 11.4. The maximum atomic E-state index is 11.8. The molecule has 1 atom stereocenters. The highest BCUT2D eigenvalue weighted by Gasteiger charge is 2.15. The van der Waals surface area contributed by atoms with Crippen LogP contribution in [-0.2, 0) is 0 Å². The van der Waals surface area contributed by atoms with Crippen LogP contribution < -0.4 is 16.1 Å². The summed E-state index contributed by atoms with van der Waals surface area (Å²) < 4.78 is 0. The smallest absolute Gasteiger partial charge is 0.252 e. The molecule has 1 amide bonds. The first-order chi connectivity index (χ1) is 7.75. The zero-order valence-corrected chi connectivity index (χ0v) is 9.20. The van der Waals surface area contributed by atoms with Crippen molar-refractivity contribution in [2.75, 3.05) is 6.54 Å². The maximum absolute atomic E-state index is 11.8. The predicted molar refractivity (Wildman–Crippen MR) is 64.9 cm³/mol. The Morgan fingerprint density at radius 3 is 2.69 bits per heavy atom. The molecule has 1 heterocycles. The summed E-state index contributed by atoms with van der Waals surface area (Å²) in [4.78, 5) is 11.8. The van der Waals surface area contributed by atoms with Crippen LogP contribution in [0.3, 0.4) is 0 Å². The van der Waals surface area contributed by atoms with Crippen LogP contribution in [0.1, 0.15) is 29.6 Å². The first-order valence-electron chi connectivity index (χ1n) is 5.65. The van der Waals surface area contributed by atoms with E-state index in [1.165, 1.54) is 12.8 Å². The van der Waals surface area contributed by atoms with Crippen LogP contribution in [0.5, 0.6) is 0 Å². The average molecular weight is 214 g/mol. The lowest BCUT2D eigenvalue weighted by atomic mass is 9.95. The van der Waals surface area contributed by atoms with Crippen LogP contribution in [0.2, 0.25) is 0 Å². The molecule has 1 aliphatic rings. The van der Waals surface area contributed by atoms with Crippen LogP contribution >= 0.6 is 0 Å². The van der Waals surface area contributed by atoms with E-state index in [0.29, 0.717) is 11.0 Å². The second-order valence-electron chi connectivity index (χ2n) is 4.10. The number of amides is 1. The highest BCUT2D eigenvalue weighted by molar-refractivity contribution is 6.32. The van der Waals surface area contributed by atoms with Crippen LogP contribution in [0.4, 0.5) is 0 Å². The van der Waals surface area contributed by atoms with Gasteiger partial charge in [0.05, 0.1) is 6.17 Å². The second-order valence-corrected chi connectivity index (χ2v) is 4.10. The fourth-order valence-corrected chi connectivity index (χ4v) is 1.85. The van der Waals surface area contributed by atoms with Crippen LogP contribution in [0.15, 0.2) is 24.3 Å². The third-order valence-corrected chi connectivity index (χ3v) is 2.79. The Bertz CT molecular complexity index is 358. The molecule has 4 heteroatoms. The molecule has 2 rings (SSSR count). The summed E-state index contributed by atoms with van der Waals surface area (Å²) in [6.07, 6.45) is 3.47. The molecule has 1 unspecified atom stereocenters. The number of carbonyl (C=O) groups is 1. The Morgan fingerprint density at radius 2 is 2.06 bits per heavy atom. The van der Waals surface area contributed by atoms with Crippen LogP contribution in [0, 0.1) is 0 Å². The molecule has 82 valence electrons. The minimum Gasteiger partial charge on any atom is -0.337 e. The van der Waals surface area contributed by atoms with Gasteiger partial charge >= 0.3 is 0 Å². The standard InChI is InChI=1S/C12H15BN2O/c13-10-6-4-9(5-7-10)12(16)15-11-3-1-2-8-14-11/h4-7,11,14H,1-3,8H2,(H,15,16). The van der Waals surface area contributed by atoms with Gasteiger partial charge in [-0.25, -0.2) is 0 Å². The summed E-state index contributed by atoms with van der Waals surface area (Å²) in [5.74, 6) is -0.0422. The van der Waals surface area contributed by atoms with Gasteiger partial charge < -0.3 is 5.32 Å². The molecule has 1 aliphatic heterocycles. The first-order valence-corrected chi connectivity index (χ1v) is 5.65. The molecule has 2 radical (unpaired) electrons. The molecular formula is C12H15BN2O. The van der Waals surface area contributed by atoms with E-state index >= 15 is 0 Å². The molecule has 0 spiro atoms. The number of piperidine rings is 1. The van der Waals surface area contributed by atoms with Gasteiger partial charge in [0.15, 0.2) is 0 Å². The minimum absolute atomic E-state index is 0.0422. The normalized spacial score (nSPS) is 20.4. The van der Waals surface area contributed by atoms with Crippen molar-refractivity contribution in [2.24, 2.45) is 0 Å². The predicted octanol–water partition coefficient (Wildman–Crippen LogP) is 0.310. The third kappa shape index (κ3) is 2.86. The Hall–Kier alpha value is -1.29. The van der Waals surface area contributed by atoms with Crippen molar-refractivity contribution in [3.63, 3.8) is 0 Å². The van der Waals surface area contributed by atoms with Crippen molar-refractivity contribution in [3.05, 3.63) is 29.8 Å². The Morgan fingerprint density at radius 1 is 1.31 bits per heavy atom. The van der Waals surface area contributed by atoms with Crippen molar-refractivity contribution in [3.8, 4) is 0 Å². The van der Waals surface area contributed by atoms with Crippen molar-refractivity contribution < 1.29 is 4.79 Å². The van der Waals surface area contributed by atoms with Crippen molar-refractivity contribution in [1.29, 1.82) is 0 Å². The molecule has 0 aromatic heterocycles. The van der Waals surface area contributed by atoms with E-state index in [4.69, 9.17) is 7.85 Å². The van der Waals surface area contributed by atoms with Crippen molar-refractivity contribution in [1.82, 2.24) is 10.6 Å². The van der Waals surface area contributed by atoms with Crippen LogP contribution in [0.25, 0.3) is 0 Å². The molecule has 0 aliphatic carbocycles. The summed E-state index contributed by atoms with van der Waals surface area (Å²) in [5, 5.41) is 6.24. The maximum Gasteiger partial charge on any atom is 0.252 e. The highest BCUT2D eigenvalue weighted by atomic mass is 16.1. The fourth-order valence-electron chi connectivity index (χ4n) is 1.85. The second kappa shape index (κ2) is 5.17. The molecule has 3 nitrogen and oxygen atoms in total. The van der Waals surface area contributed by atoms with Gasteiger partial charge in [-0.05, 0) is 25.8 Å². The Kier molecular flexibility index (Phi) is 3.62. The van der Waals surface area contributed by atoms with E-state index in [-0.39, 0.29) is 12.1 Å². The number of hydrogen-bond acceptors (Lipinski definition) is 2. The van der Waals surface area contributed by atoms with E-state index in [1.807, 2.05) is 0 Å². The number of carbonyl (C=O) groups excluding carboxylic acids is 1. The first kappa shape index (κ1) is 11.2. The molecule has 1 aromatic rings. The van der Waals surface area contributed by atoms with Crippen LogP contribution in [-0.4, -0.2) is 26.5 Å². The lowest BCUT2D eigenvalue weighted by Crippen LogP contribution is -2.47. The van der Waals surface area contributed by atoms with E-state index < -0.39 is 0 Å². The fraction of sp³-hybridized carbons (Fsp3) is 0.417. The molecule has 1 saturated heterocycles. The van der Waals surface area contributed by atoms with E-state index in [0.717, 1.165) is 13.0 Å². The van der Waals surface area contributed by atoms with Gasteiger partial charge in [-0.3, -0.25) is 10.1 Å². The summed E-state index contributed by atoms with van der Waals surface area (Å²) in [7, 11) is 5.57. The molecular weight excluding hydrogens is 199 g/mol. The zero-order valence-electron chi connectivity index (χ0n) is 9.20. The van der Waals surface area contributed by atoms with Crippen molar-refractivity contribution in [2.45, 2.75) is 25.4 Å². The highest BCUT2D eigenvalue weighted by Crippen LogP contribution is 2.05. The van der Waals surface area contributed by atoms with Gasteiger partial charge in [0, 0.05) is 5.56 Å². The van der Waals surface area contributed by atoms with Gasteiger partial charge in [0.25, 0.3) is 5.91 Å². The monoisotopic (exact) mass is 214 g/mol. The number of nitrogens with one attached hydrogen (secondary N) is 2. The van der Waals surface area contributed by atoms with E-state index in [2.05, 4.69) is 10.6 Å².